The van der Waals surface area contributed by atoms with Crippen LogP contribution in [0.25, 0.3) is 0 Å². The quantitative estimate of drug-likeness (QED) is 0.802. The Kier molecular flexibility index (Phi) is 4.39. The average molecular weight is 244 g/mol. The molecule has 0 saturated heterocycles. The number of carbonyl (C=O) groups excluding carboxylic acids is 1. The van der Waals surface area contributed by atoms with Gasteiger partial charge in [-0.25, -0.2) is 9.78 Å². The number of hydrogen-bond donors (Lipinski definition) is 2. The van der Waals surface area contributed by atoms with E-state index in [0.717, 1.165) is 5.69 Å². The van der Waals surface area contributed by atoms with Crippen LogP contribution >= 0.6 is 11.3 Å². The molecule has 0 aliphatic carbocycles. The van der Waals surface area contributed by atoms with Crippen molar-refractivity contribution >= 4 is 28.3 Å². The number of hydrogen-bond acceptors (Lipinski definition) is 5. The maximum Gasteiger partial charge on any atom is 0.332 e. The smallest absolute Gasteiger partial charge is 0.332 e. The van der Waals surface area contributed by atoms with E-state index in [1.54, 1.807) is 5.38 Å². The lowest BCUT2D eigenvalue weighted by Crippen LogP contribution is -2.26. The van der Waals surface area contributed by atoms with Crippen LogP contribution in [0.1, 0.15) is 12.6 Å². The van der Waals surface area contributed by atoms with Crippen molar-refractivity contribution in [2.45, 2.75) is 20.0 Å². The molecule has 1 unspecified atom stereocenters. The Hall–Kier alpha value is -1.47. The van der Waals surface area contributed by atoms with Crippen LogP contribution < -0.4 is 5.32 Å². The van der Waals surface area contributed by atoms with E-state index in [1.165, 1.54) is 18.3 Å². The number of nitrogens with one attached hydrogen (secondary N) is 1. The summed E-state index contributed by atoms with van der Waals surface area (Å²) in [5.41, 5.74) is 0.820. The second-order valence-corrected chi connectivity index (χ2v) is 3.99. The van der Waals surface area contributed by atoms with Crippen molar-refractivity contribution in [3.8, 4) is 0 Å². The molecule has 1 aromatic heterocycles. The molecule has 6 nitrogen and oxygen atoms in total. The van der Waals surface area contributed by atoms with Crippen molar-refractivity contribution in [3.05, 3.63) is 11.1 Å². The number of rotatable bonds is 5. The lowest BCUT2D eigenvalue weighted by atomic mass is 10.4. The van der Waals surface area contributed by atoms with Crippen LogP contribution in [0.4, 0.5) is 5.13 Å². The van der Waals surface area contributed by atoms with Crippen LogP contribution in [0, 0.1) is 6.92 Å². The molecular weight excluding hydrogens is 232 g/mol. The number of anilines is 1. The van der Waals surface area contributed by atoms with Crippen LogP contribution in [-0.2, 0) is 14.3 Å². The molecule has 0 aromatic carbocycles. The number of amides is 1. The normalized spacial score (nSPS) is 12.1. The first kappa shape index (κ1) is 12.6. The van der Waals surface area contributed by atoms with Gasteiger partial charge in [-0.1, -0.05) is 0 Å². The fraction of sp³-hybridized carbons (Fsp3) is 0.444. The highest BCUT2D eigenvalue weighted by molar-refractivity contribution is 7.13. The molecule has 1 amide bonds. The SMILES string of the molecule is Cc1csc(NC(=O)COC(C)C(=O)O)n1. The molecule has 0 spiro atoms. The summed E-state index contributed by atoms with van der Waals surface area (Å²) in [5, 5.41) is 13.3. The maximum atomic E-state index is 11.3. The van der Waals surface area contributed by atoms with Gasteiger partial charge in [0.1, 0.15) is 6.61 Å². The minimum atomic E-state index is -1.10. The third kappa shape index (κ3) is 3.95. The number of ether oxygens (including phenoxy) is 1. The summed E-state index contributed by atoms with van der Waals surface area (Å²) in [6, 6.07) is 0. The molecule has 0 saturated carbocycles. The van der Waals surface area contributed by atoms with E-state index in [4.69, 9.17) is 9.84 Å². The standard InChI is InChI=1S/C9H12N2O4S/c1-5-4-16-9(10-5)11-7(12)3-15-6(2)8(13)14/h4,6H,3H2,1-2H3,(H,13,14)(H,10,11,12). The largest absolute Gasteiger partial charge is 0.479 e. The Morgan fingerprint density at radius 3 is 2.88 bits per heavy atom. The maximum absolute atomic E-state index is 11.3. The molecule has 1 heterocycles. The number of aliphatic carboxylic acids is 1. The average Bonchev–Trinajstić information content (AvgIpc) is 2.60. The second-order valence-electron chi connectivity index (χ2n) is 3.13. The highest BCUT2D eigenvalue weighted by Gasteiger charge is 2.13. The van der Waals surface area contributed by atoms with E-state index in [2.05, 4.69) is 10.3 Å². The molecule has 2 N–H and O–H groups in total. The molecule has 1 rings (SSSR count). The zero-order valence-corrected chi connectivity index (χ0v) is 9.71. The number of carbonyl (C=O) groups is 2. The number of carboxylic acid groups (broad SMARTS) is 1. The predicted octanol–water partition coefficient (Wildman–Crippen LogP) is 0.880. The van der Waals surface area contributed by atoms with E-state index in [0.29, 0.717) is 5.13 Å². The Bertz CT molecular complexity index is 391. The number of carboxylic acids is 1. The summed E-state index contributed by atoms with van der Waals surface area (Å²) in [7, 11) is 0. The molecule has 1 aromatic rings. The number of aryl methyl sites for hydroxylation is 1. The highest BCUT2D eigenvalue weighted by Crippen LogP contribution is 2.13. The first-order chi connectivity index (χ1) is 7.49. The summed E-state index contributed by atoms with van der Waals surface area (Å²) >= 11 is 1.30. The van der Waals surface area contributed by atoms with E-state index < -0.39 is 18.0 Å². The summed E-state index contributed by atoms with van der Waals surface area (Å²) in [6.45, 7) is 2.88. The van der Waals surface area contributed by atoms with Gasteiger partial charge in [-0.15, -0.1) is 11.3 Å². The molecule has 0 fully saturated rings. The molecule has 88 valence electrons. The van der Waals surface area contributed by atoms with Gasteiger partial charge in [-0.3, -0.25) is 10.1 Å². The molecule has 0 aliphatic rings. The number of thiazole rings is 1. The lowest BCUT2D eigenvalue weighted by Gasteiger charge is -2.07. The van der Waals surface area contributed by atoms with Gasteiger partial charge in [0.05, 0.1) is 5.69 Å². The van der Waals surface area contributed by atoms with Crippen molar-refractivity contribution in [3.63, 3.8) is 0 Å². The van der Waals surface area contributed by atoms with Crippen LogP contribution in [0.2, 0.25) is 0 Å². The zero-order valence-electron chi connectivity index (χ0n) is 8.89. The Morgan fingerprint density at radius 2 is 2.38 bits per heavy atom. The summed E-state index contributed by atoms with van der Waals surface area (Å²) in [4.78, 5) is 25.7. The first-order valence-electron chi connectivity index (χ1n) is 4.55. The fourth-order valence-electron chi connectivity index (χ4n) is 0.839. The summed E-state index contributed by atoms with van der Waals surface area (Å²) in [5.74, 6) is -1.51. The molecular formula is C9H12N2O4S. The van der Waals surface area contributed by atoms with Gasteiger partial charge in [0.15, 0.2) is 11.2 Å². The number of aromatic nitrogens is 1. The molecule has 7 heteroatoms. The second kappa shape index (κ2) is 5.57. The van der Waals surface area contributed by atoms with Gasteiger partial charge in [-0.05, 0) is 13.8 Å². The van der Waals surface area contributed by atoms with Gasteiger partial charge in [0.25, 0.3) is 5.91 Å². The van der Waals surface area contributed by atoms with Crippen LogP contribution in [-0.4, -0.2) is 34.7 Å². The lowest BCUT2D eigenvalue weighted by molar-refractivity contribution is -0.150. The summed E-state index contributed by atoms with van der Waals surface area (Å²) < 4.78 is 4.81. The van der Waals surface area contributed by atoms with Crippen molar-refractivity contribution in [2.24, 2.45) is 0 Å². The van der Waals surface area contributed by atoms with E-state index in [1.807, 2.05) is 6.92 Å². The van der Waals surface area contributed by atoms with Gasteiger partial charge < -0.3 is 9.84 Å². The van der Waals surface area contributed by atoms with Gasteiger partial charge in [0.2, 0.25) is 0 Å². The Balaban J connectivity index is 2.34. The highest BCUT2D eigenvalue weighted by atomic mass is 32.1. The third-order valence-electron chi connectivity index (χ3n) is 1.68. The Labute approximate surface area is 96.3 Å². The van der Waals surface area contributed by atoms with Gasteiger partial charge in [-0.2, -0.15) is 0 Å². The molecule has 1 atom stereocenters. The molecule has 0 aliphatic heterocycles. The summed E-state index contributed by atoms with van der Waals surface area (Å²) in [6.07, 6.45) is -0.996. The van der Waals surface area contributed by atoms with Gasteiger partial charge >= 0.3 is 5.97 Å². The topological polar surface area (TPSA) is 88.5 Å². The molecule has 0 bridgehead atoms. The van der Waals surface area contributed by atoms with Crippen molar-refractivity contribution in [1.82, 2.24) is 4.98 Å². The van der Waals surface area contributed by atoms with Gasteiger partial charge in [0, 0.05) is 5.38 Å². The third-order valence-corrected chi connectivity index (χ3v) is 2.55. The monoisotopic (exact) mass is 244 g/mol. The van der Waals surface area contributed by atoms with Crippen LogP contribution in [0.5, 0.6) is 0 Å². The van der Waals surface area contributed by atoms with Crippen molar-refractivity contribution < 1.29 is 19.4 Å². The van der Waals surface area contributed by atoms with Crippen molar-refractivity contribution in [2.75, 3.05) is 11.9 Å². The minimum Gasteiger partial charge on any atom is -0.479 e. The zero-order chi connectivity index (χ0) is 12.1. The molecule has 16 heavy (non-hydrogen) atoms. The van der Waals surface area contributed by atoms with Crippen molar-refractivity contribution in [1.29, 1.82) is 0 Å². The Morgan fingerprint density at radius 1 is 1.69 bits per heavy atom. The van der Waals surface area contributed by atoms with Crippen LogP contribution in [0.15, 0.2) is 5.38 Å². The fourth-order valence-corrected chi connectivity index (χ4v) is 1.54. The first-order valence-corrected chi connectivity index (χ1v) is 5.43. The van der Waals surface area contributed by atoms with E-state index >= 15 is 0 Å². The number of nitrogens with zero attached hydrogens (tertiary/aromatic N) is 1. The van der Waals surface area contributed by atoms with Crippen LogP contribution in [0.3, 0.4) is 0 Å². The van der Waals surface area contributed by atoms with E-state index in [-0.39, 0.29) is 6.61 Å². The molecule has 0 radical (unpaired) electrons. The minimum absolute atomic E-state index is 0.300. The van der Waals surface area contributed by atoms with E-state index in [9.17, 15) is 9.59 Å². The predicted molar refractivity (Wildman–Crippen MR) is 58.5 cm³/mol.